The predicted molar refractivity (Wildman–Crippen MR) is 69.4 cm³/mol. The molecule has 0 saturated heterocycles. The summed E-state index contributed by atoms with van der Waals surface area (Å²) in [5, 5.41) is 19.9. The Morgan fingerprint density at radius 2 is 2.11 bits per heavy atom. The van der Waals surface area contributed by atoms with Gasteiger partial charge in [0.1, 0.15) is 0 Å². The fourth-order valence-corrected chi connectivity index (χ4v) is 2.66. The molecule has 8 heteroatoms. The normalized spacial score (nSPS) is 11.8. The van der Waals surface area contributed by atoms with Gasteiger partial charge < -0.3 is 15.4 Å². The van der Waals surface area contributed by atoms with Crippen molar-refractivity contribution in [3.63, 3.8) is 0 Å². The highest BCUT2D eigenvalue weighted by atomic mass is 32.2. The Kier molecular flexibility index (Phi) is 3.70. The zero-order valence-electron chi connectivity index (χ0n) is 10.7. The standard InChI is InChI=1S/C11H13N5O2S/c1-5-4-8(19-11-15-14-7(3)18-11)9(6(2)13-5)10(12)16-17/h4,17H,1-3H3,(H2,12,16). The van der Waals surface area contributed by atoms with Crippen molar-refractivity contribution in [2.75, 3.05) is 0 Å². The molecule has 0 aromatic carbocycles. The summed E-state index contributed by atoms with van der Waals surface area (Å²) in [6, 6.07) is 1.82. The van der Waals surface area contributed by atoms with Crippen LogP contribution < -0.4 is 5.73 Å². The minimum Gasteiger partial charge on any atom is -0.416 e. The Morgan fingerprint density at radius 3 is 2.68 bits per heavy atom. The number of amidine groups is 1. The van der Waals surface area contributed by atoms with E-state index in [2.05, 4.69) is 20.3 Å². The maximum Gasteiger partial charge on any atom is 0.281 e. The molecule has 0 aliphatic carbocycles. The van der Waals surface area contributed by atoms with E-state index in [4.69, 9.17) is 15.4 Å². The van der Waals surface area contributed by atoms with Crippen LogP contribution in [-0.2, 0) is 0 Å². The first-order chi connectivity index (χ1) is 9.01. The predicted octanol–water partition coefficient (Wildman–Crippen LogP) is 1.64. The maximum atomic E-state index is 8.85. The largest absolute Gasteiger partial charge is 0.416 e. The van der Waals surface area contributed by atoms with Crippen LogP contribution >= 0.6 is 11.8 Å². The van der Waals surface area contributed by atoms with Crippen LogP contribution in [0.4, 0.5) is 0 Å². The molecule has 0 aliphatic heterocycles. The number of aromatic nitrogens is 3. The monoisotopic (exact) mass is 279 g/mol. The molecule has 7 nitrogen and oxygen atoms in total. The number of hydrogen-bond donors (Lipinski definition) is 2. The highest BCUT2D eigenvalue weighted by Gasteiger charge is 2.16. The highest BCUT2D eigenvalue weighted by Crippen LogP contribution is 2.31. The summed E-state index contributed by atoms with van der Waals surface area (Å²) >= 11 is 1.25. The van der Waals surface area contributed by atoms with E-state index in [1.807, 2.05) is 13.0 Å². The van der Waals surface area contributed by atoms with Gasteiger partial charge in [-0.3, -0.25) is 4.98 Å². The highest BCUT2D eigenvalue weighted by molar-refractivity contribution is 7.99. The molecule has 0 atom stereocenters. The fourth-order valence-electron chi connectivity index (χ4n) is 1.65. The Balaban J connectivity index is 2.48. The molecule has 0 radical (unpaired) electrons. The zero-order valence-corrected chi connectivity index (χ0v) is 11.5. The van der Waals surface area contributed by atoms with Crippen molar-refractivity contribution < 1.29 is 9.62 Å². The van der Waals surface area contributed by atoms with Crippen LogP contribution in [0.3, 0.4) is 0 Å². The van der Waals surface area contributed by atoms with Crippen LogP contribution in [0.1, 0.15) is 22.8 Å². The van der Waals surface area contributed by atoms with Crippen molar-refractivity contribution >= 4 is 17.6 Å². The molecule has 3 N–H and O–H groups in total. The first-order valence-electron chi connectivity index (χ1n) is 5.45. The molecular weight excluding hydrogens is 266 g/mol. The maximum absolute atomic E-state index is 8.85. The third-order valence-corrected chi connectivity index (χ3v) is 3.24. The number of hydrogen-bond acceptors (Lipinski definition) is 7. The van der Waals surface area contributed by atoms with Crippen LogP contribution in [0.5, 0.6) is 0 Å². The molecule has 0 amide bonds. The molecular formula is C11H13N5O2S. The van der Waals surface area contributed by atoms with E-state index in [-0.39, 0.29) is 5.84 Å². The molecule has 0 unspecified atom stereocenters. The molecule has 0 fully saturated rings. The van der Waals surface area contributed by atoms with Gasteiger partial charge in [-0.2, -0.15) is 0 Å². The topological polar surface area (TPSA) is 110 Å². The summed E-state index contributed by atoms with van der Waals surface area (Å²) < 4.78 is 5.31. The Bertz CT molecular complexity index is 638. The average molecular weight is 279 g/mol. The molecule has 2 rings (SSSR count). The minimum absolute atomic E-state index is 0.00346. The van der Waals surface area contributed by atoms with E-state index in [1.54, 1.807) is 13.8 Å². The number of pyridine rings is 1. The van der Waals surface area contributed by atoms with Crippen molar-refractivity contribution in [1.82, 2.24) is 15.2 Å². The van der Waals surface area contributed by atoms with E-state index in [0.29, 0.717) is 22.4 Å². The van der Waals surface area contributed by atoms with Gasteiger partial charge in [0.05, 0.1) is 5.56 Å². The number of oxime groups is 1. The molecule has 2 aromatic rings. The summed E-state index contributed by atoms with van der Waals surface area (Å²) in [6.45, 7) is 5.38. The Labute approximate surface area is 113 Å². The Hall–Kier alpha value is -2.09. The summed E-state index contributed by atoms with van der Waals surface area (Å²) in [6.07, 6.45) is 0. The fraction of sp³-hybridized carbons (Fsp3) is 0.273. The molecule has 2 heterocycles. The summed E-state index contributed by atoms with van der Waals surface area (Å²) in [5.74, 6) is 0.485. The minimum atomic E-state index is 0.00346. The lowest BCUT2D eigenvalue weighted by Crippen LogP contribution is -2.17. The quantitative estimate of drug-likeness (QED) is 0.380. The second-order valence-corrected chi connectivity index (χ2v) is 4.89. The summed E-state index contributed by atoms with van der Waals surface area (Å²) in [5.41, 5.74) is 7.75. The number of rotatable bonds is 3. The van der Waals surface area contributed by atoms with Gasteiger partial charge >= 0.3 is 0 Å². The van der Waals surface area contributed by atoms with Gasteiger partial charge in [0.2, 0.25) is 5.89 Å². The molecule has 19 heavy (non-hydrogen) atoms. The van der Waals surface area contributed by atoms with Crippen molar-refractivity contribution in [2.45, 2.75) is 30.9 Å². The molecule has 0 bridgehead atoms. The number of aryl methyl sites for hydroxylation is 3. The van der Waals surface area contributed by atoms with Gasteiger partial charge in [0, 0.05) is 23.2 Å². The second kappa shape index (κ2) is 5.27. The van der Waals surface area contributed by atoms with Crippen molar-refractivity contribution in [3.05, 3.63) is 28.9 Å². The van der Waals surface area contributed by atoms with Crippen molar-refractivity contribution in [3.8, 4) is 0 Å². The lowest BCUT2D eigenvalue weighted by molar-refractivity contribution is 0.318. The van der Waals surface area contributed by atoms with Gasteiger partial charge in [-0.15, -0.1) is 10.2 Å². The van der Waals surface area contributed by atoms with Crippen LogP contribution in [0.25, 0.3) is 0 Å². The molecule has 0 aliphatic rings. The summed E-state index contributed by atoms with van der Waals surface area (Å²) in [4.78, 5) is 5.05. The lowest BCUT2D eigenvalue weighted by atomic mass is 10.1. The molecule has 0 saturated carbocycles. The third kappa shape index (κ3) is 2.84. The smallest absolute Gasteiger partial charge is 0.281 e. The van der Waals surface area contributed by atoms with Gasteiger partial charge in [-0.1, -0.05) is 5.16 Å². The molecule has 100 valence electrons. The van der Waals surface area contributed by atoms with E-state index < -0.39 is 0 Å². The van der Waals surface area contributed by atoms with E-state index in [1.165, 1.54) is 11.8 Å². The van der Waals surface area contributed by atoms with Crippen LogP contribution in [0.15, 0.2) is 25.8 Å². The lowest BCUT2D eigenvalue weighted by Gasteiger charge is -2.09. The van der Waals surface area contributed by atoms with Gasteiger partial charge in [0.15, 0.2) is 5.84 Å². The van der Waals surface area contributed by atoms with Crippen LogP contribution in [0, 0.1) is 20.8 Å². The molecule has 0 spiro atoms. The first kappa shape index (κ1) is 13.3. The second-order valence-electron chi connectivity index (χ2n) is 3.90. The van der Waals surface area contributed by atoms with Crippen LogP contribution in [0.2, 0.25) is 0 Å². The van der Waals surface area contributed by atoms with E-state index in [9.17, 15) is 0 Å². The average Bonchev–Trinajstić information content (AvgIpc) is 2.73. The number of nitrogens with two attached hydrogens (primary N) is 1. The van der Waals surface area contributed by atoms with Gasteiger partial charge in [-0.05, 0) is 31.7 Å². The summed E-state index contributed by atoms with van der Waals surface area (Å²) in [7, 11) is 0. The van der Waals surface area contributed by atoms with Crippen molar-refractivity contribution in [2.24, 2.45) is 10.9 Å². The van der Waals surface area contributed by atoms with Gasteiger partial charge in [-0.25, -0.2) is 0 Å². The van der Waals surface area contributed by atoms with Crippen LogP contribution in [-0.4, -0.2) is 26.2 Å². The van der Waals surface area contributed by atoms with Gasteiger partial charge in [0.25, 0.3) is 5.22 Å². The zero-order chi connectivity index (χ0) is 14.0. The first-order valence-corrected chi connectivity index (χ1v) is 6.27. The Morgan fingerprint density at radius 1 is 1.37 bits per heavy atom. The van der Waals surface area contributed by atoms with E-state index >= 15 is 0 Å². The van der Waals surface area contributed by atoms with E-state index in [0.717, 1.165) is 10.6 Å². The third-order valence-electron chi connectivity index (χ3n) is 2.36. The molecule has 2 aromatic heterocycles. The number of nitrogens with zero attached hydrogens (tertiary/aromatic N) is 4. The SMILES string of the molecule is Cc1cc(Sc2nnc(C)o2)c(/C(N)=N/O)c(C)n1. The van der Waals surface area contributed by atoms with Crippen molar-refractivity contribution in [1.29, 1.82) is 0 Å².